The number of ether oxygens (including phenoxy) is 2. The van der Waals surface area contributed by atoms with Crippen LogP contribution in [0.15, 0.2) is 42.6 Å². The van der Waals surface area contributed by atoms with E-state index in [1.807, 2.05) is 18.2 Å². The number of hydrogen-bond acceptors (Lipinski definition) is 6. The van der Waals surface area contributed by atoms with E-state index in [-0.39, 0.29) is 12.7 Å². The minimum atomic E-state index is -0.700. The number of nitrogens with zero attached hydrogens (tertiary/aromatic N) is 1. The maximum atomic E-state index is 14.2. The molecule has 1 saturated carbocycles. The van der Waals surface area contributed by atoms with Crippen LogP contribution in [-0.2, 0) is 10.2 Å². The molecule has 1 amide bonds. The number of carbonyl (C=O) groups is 1. The van der Waals surface area contributed by atoms with Gasteiger partial charge in [-0.15, -0.1) is 0 Å². The van der Waals surface area contributed by atoms with Crippen LogP contribution in [0.25, 0.3) is 0 Å². The zero-order valence-electron chi connectivity index (χ0n) is 15.7. The number of aromatic nitrogens is 1. The zero-order valence-corrected chi connectivity index (χ0v) is 17.2. The molecular formula is C21H17ClFN3O3S. The van der Waals surface area contributed by atoms with E-state index in [1.165, 1.54) is 17.4 Å². The van der Waals surface area contributed by atoms with E-state index < -0.39 is 17.3 Å². The predicted molar refractivity (Wildman–Crippen MR) is 112 cm³/mol. The van der Waals surface area contributed by atoms with Gasteiger partial charge in [-0.05, 0) is 42.7 Å². The highest BCUT2D eigenvalue weighted by atomic mass is 35.5. The Morgan fingerprint density at radius 1 is 1.23 bits per heavy atom. The topological polar surface area (TPSA) is 86.5 Å². The van der Waals surface area contributed by atoms with Crippen LogP contribution in [0.4, 0.5) is 9.52 Å². The summed E-state index contributed by atoms with van der Waals surface area (Å²) in [7, 11) is 0. The second-order valence-electron chi connectivity index (χ2n) is 7.32. The number of nitrogens with two attached hydrogens (primary N) is 1. The van der Waals surface area contributed by atoms with E-state index >= 15 is 0 Å². The van der Waals surface area contributed by atoms with E-state index in [2.05, 4.69) is 10.3 Å². The average molecular weight is 446 g/mol. The first kappa shape index (κ1) is 19.3. The summed E-state index contributed by atoms with van der Waals surface area (Å²) in [5.74, 6) is 0.726. The molecule has 0 saturated heterocycles. The number of benzene rings is 2. The number of anilines is 1. The fourth-order valence-corrected chi connectivity index (χ4v) is 4.57. The SMILES string of the molecule is NC(c1cnc(NC(=O)C2(c3ccc4c(c3)OCO4)CC2)s1)c1ccc(Cl)cc1F. The Bertz CT molecular complexity index is 1150. The summed E-state index contributed by atoms with van der Waals surface area (Å²) in [5, 5.41) is 3.61. The number of rotatable bonds is 5. The summed E-state index contributed by atoms with van der Waals surface area (Å²) in [6.07, 6.45) is 3.04. The summed E-state index contributed by atoms with van der Waals surface area (Å²) >= 11 is 7.03. The van der Waals surface area contributed by atoms with Crippen LogP contribution in [0.5, 0.6) is 11.5 Å². The van der Waals surface area contributed by atoms with Crippen LogP contribution >= 0.6 is 22.9 Å². The normalized spacial score (nSPS) is 16.9. The van der Waals surface area contributed by atoms with Crippen molar-refractivity contribution in [1.82, 2.24) is 4.98 Å². The summed E-state index contributed by atoms with van der Waals surface area (Å²) in [5.41, 5.74) is 6.81. The fraction of sp³-hybridized carbons (Fsp3) is 0.238. The molecule has 0 radical (unpaired) electrons. The Morgan fingerprint density at radius 3 is 2.80 bits per heavy atom. The smallest absolute Gasteiger partial charge is 0.236 e. The van der Waals surface area contributed by atoms with Crippen molar-refractivity contribution in [2.75, 3.05) is 12.1 Å². The molecule has 0 bridgehead atoms. The van der Waals surface area contributed by atoms with Crippen molar-refractivity contribution in [3.8, 4) is 11.5 Å². The Hall–Kier alpha value is -2.68. The van der Waals surface area contributed by atoms with E-state index in [1.54, 1.807) is 18.3 Å². The van der Waals surface area contributed by atoms with Crippen LogP contribution in [-0.4, -0.2) is 17.7 Å². The minimum Gasteiger partial charge on any atom is -0.454 e. The molecule has 154 valence electrons. The van der Waals surface area contributed by atoms with Gasteiger partial charge in [0.05, 0.1) is 11.5 Å². The van der Waals surface area contributed by atoms with Crippen LogP contribution in [0.3, 0.4) is 0 Å². The largest absolute Gasteiger partial charge is 0.454 e. The van der Waals surface area contributed by atoms with Crippen molar-refractivity contribution in [2.24, 2.45) is 5.73 Å². The van der Waals surface area contributed by atoms with E-state index in [9.17, 15) is 9.18 Å². The van der Waals surface area contributed by atoms with Crippen LogP contribution in [0.1, 0.15) is 34.9 Å². The van der Waals surface area contributed by atoms with Gasteiger partial charge in [-0.3, -0.25) is 4.79 Å². The molecule has 2 aliphatic rings. The van der Waals surface area contributed by atoms with Crippen LogP contribution in [0, 0.1) is 5.82 Å². The lowest BCUT2D eigenvalue weighted by Crippen LogP contribution is -2.27. The maximum Gasteiger partial charge on any atom is 0.236 e. The molecule has 1 atom stereocenters. The van der Waals surface area contributed by atoms with Gasteiger partial charge in [0.25, 0.3) is 0 Å². The number of thiazole rings is 1. The fourth-order valence-electron chi connectivity index (χ4n) is 3.58. The number of amides is 1. The van der Waals surface area contributed by atoms with Gasteiger partial charge < -0.3 is 20.5 Å². The van der Waals surface area contributed by atoms with Crippen molar-refractivity contribution in [2.45, 2.75) is 24.3 Å². The van der Waals surface area contributed by atoms with Gasteiger partial charge in [0.15, 0.2) is 16.6 Å². The van der Waals surface area contributed by atoms with Gasteiger partial charge in [0.1, 0.15) is 5.82 Å². The molecule has 5 rings (SSSR count). The van der Waals surface area contributed by atoms with Gasteiger partial charge in [-0.2, -0.15) is 0 Å². The number of halogens is 2. The number of nitrogens with one attached hydrogen (secondary N) is 1. The van der Waals surface area contributed by atoms with Gasteiger partial charge >= 0.3 is 0 Å². The third kappa shape index (κ3) is 3.30. The second-order valence-corrected chi connectivity index (χ2v) is 8.81. The molecule has 1 aromatic heterocycles. The predicted octanol–water partition coefficient (Wildman–Crippen LogP) is 4.38. The number of fused-ring (bicyclic) bond motifs is 1. The highest BCUT2D eigenvalue weighted by Gasteiger charge is 2.52. The molecule has 2 heterocycles. The molecule has 0 spiro atoms. The summed E-state index contributed by atoms with van der Waals surface area (Å²) in [6.45, 7) is 0.189. The molecule has 3 aromatic rings. The Kier molecular flexibility index (Phi) is 4.65. The molecular weight excluding hydrogens is 429 g/mol. The van der Waals surface area contributed by atoms with Gasteiger partial charge in [0, 0.05) is 21.7 Å². The number of carbonyl (C=O) groups excluding carboxylic acids is 1. The quantitative estimate of drug-likeness (QED) is 0.608. The first-order valence-electron chi connectivity index (χ1n) is 9.34. The summed E-state index contributed by atoms with van der Waals surface area (Å²) in [6, 6.07) is 9.25. The van der Waals surface area contributed by atoms with Gasteiger partial charge in [-0.1, -0.05) is 35.1 Å². The highest BCUT2D eigenvalue weighted by molar-refractivity contribution is 7.15. The lowest BCUT2D eigenvalue weighted by molar-refractivity contribution is -0.118. The van der Waals surface area contributed by atoms with Gasteiger partial charge in [0.2, 0.25) is 12.7 Å². The van der Waals surface area contributed by atoms with Crippen molar-refractivity contribution >= 4 is 34.0 Å². The third-order valence-corrected chi connectivity index (χ3v) is 6.69. The molecule has 1 unspecified atom stereocenters. The Labute approximate surface area is 180 Å². The van der Waals surface area contributed by atoms with Crippen molar-refractivity contribution < 1.29 is 18.7 Å². The van der Waals surface area contributed by atoms with Crippen molar-refractivity contribution in [3.63, 3.8) is 0 Å². The molecule has 30 heavy (non-hydrogen) atoms. The first-order chi connectivity index (χ1) is 14.5. The molecule has 3 N–H and O–H groups in total. The number of hydrogen-bond donors (Lipinski definition) is 2. The summed E-state index contributed by atoms with van der Waals surface area (Å²) < 4.78 is 25.0. The Balaban J connectivity index is 1.33. The average Bonchev–Trinajstić information content (AvgIpc) is 3.18. The molecule has 1 aliphatic carbocycles. The third-order valence-electron chi connectivity index (χ3n) is 5.46. The first-order valence-corrected chi connectivity index (χ1v) is 10.5. The van der Waals surface area contributed by atoms with E-state index in [0.717, 1.165) is 18.4 Å². The van der Waals surface area contributed by atoms with Crippen LogP contribution in [0.2, 0.25) is 5.02 Å². The minimum absolute atomic E-state index is 0.131. The van der Waals surface area contributed by atoms with Crippen molar-refractivity contribution in [3.05, 3.63) is 69.4 Å². The molecule has 2 aromatic carbocycles. The molecule has 1 aliphatic heterocycles. The second kappa shape index (κ2) is 7.23. The monoisotopic (exact) mass is 445 g/mol. The van der Waals surface area contributed by atoms with Crippen molar-refractivity contribution in [1.29, 1.82) is 0 Å². The zero-order chi connectivity index (χ0) is 20.9. The molecule has 9 heteroatoms. The maximum absolute atomic E-state index is 14.2. The molecule has 1 fully saturated rings. The highest BCUT2D eigenvalue weighted by Crippen LogP contribution is 2.51. The van der Waals surface area contributed by atoms with Gasteiger partial charge in [-0.25, -0.2) is 9.37 Å². The summed E-state index contributed by atoms with van der Waals surface area (Å²) in [4.78, 5) is 17.9. The molecule has 6 nitrogen and oxygen atoms in total. The van der Waals surface area contributed by atoms with Crippen LogP contribution < -0.4 is 20.5 Å². The van der Waals surface area contributed by atoms with E-state index in [0.29, 0.717) is 32.1 Å². The Morgan fingerprint density at radius 2 is 2.03 bits per heavy atom. The lowest BCUT2D eigenvalue weighted by atomic mass is 9.94. The van der Waals surface area contributed by atoms with E-state index in [4.69, 9.17) is 26.8 Å². The lowest BCUT2D eigenvalue weighted by Gasteiger charge is -2.15. The standard InChI is InChI=1S/C21H17ClFN3O3S/c22-12-2-3-13(14(23)8-12)18(24)17-9-25-20(30-17)26-19(27)21(5-6-21)11-1-4-15-16(7-11)29-10-28-15/h1-4,7-9,18H,5-6,10,24H2,(H,25,26,27).